The van der Waals surface area contributed by atoms with Gasteiger partial charge in [-0.2, -0.15) is 15.0 Å². The maximum absolute atomic E-state index is 11.4. The molecule has 0 bridgehead atoms. The molecule has 3 rings (SSSR count). The molecule has 2 aromatic rings. The minimum absolute atomic E-state index is 0.0318. The molecule has 0 saturated carbocycles. The minimum Gasteiger partial charge on any atom is -0.368 e. The molecule has 0 aliphatic carbocycles. The predicted molar refractivity (Wildman–Crippen MR) is 71.2 cm³/mol. The number of anilines is 2. The van der Waals surface area contributed by atoms with Crippen LogP contribution in [-0.2, 0) is 4.79 Å². The van der Waals surface area contributed by atoms with Crippen molar-refractivity contribution in [2.45, 2.75) is 6.42 Å². The van der Waals surface area contributed by atoms with Crippen molar-refractivity contribution in [3.63, 3.8) is 0 Å². The Balaban J connectivity index is 1.91. The van der Waals surface area contributed by atoms with Crippen LogP contribution in [0.25, 0.3) is 5.95 Å². The third-order valence-electron chi connectivity index (χ3n) is 2.96. The average molecular weight is 274 g/mol. The zero-order valence-corrected chi connectivity index (χ0v) is 10.7. The Hall–Kier alpha value is -2.71. The molecular formula is C11H14N8O. The first-order valence-electron chi connectivity index (χ1n) is 6.24. The molecule has 0 aromatic carbocycles. The molecule has 1 aliphatic rings. The van der Waals surface area contributed by atoms with E-state index in [1.165, 1.54) is 0 Å². The number of aromatic nitrogens is 5. The molecular weight excluding hydrogens is 260 g/mol. The van der Waals surface area contributed by atoms with E-state index < -0.39 is 0 Å². The van der Waals surface area contributed by atoms with E-state index in [1.54, 1.807) is 23.3 Å². The smallest absolute Gasteiger partial charge is 0.241 e. The highest BCUT2D eigenvalue weighted by atomic mass is 16.1. The van der Waals surface area contributed by atoms with E-state index in [4.69, 9.17) is 5.73 Å². The highest BCUT2D eigenvalue weighted by Crippen LogP contribution is 2.12. The molecule has 9 heteroatoms. The number of nitrogen functional groups attached to an aromatic ring is 1. The van der Waals surface area contributed by atoms with Gasteiger partial charge < -0.3 is 16.0 Å². The number of carbonyl (C=O) groups excluding carboxylic acids is 1. The fourth-order valence-electron chi connectivity index (χ4n) is 1.97. The highest BCUT2D eigenvalue weighted by molar-refractivity contribution is 5.77. The topological polar surface area (TPSA) is 115 Å². The van der Waals surface area contributed by atoms with Crippen LogP contribution in [0.1, 0.15) is 6.42 Å². The summed E-state index contributed by atoms with van der Waals surface area (Å²) in [5.41, 5.74) is 5.73. The van der Waals surface area contributed by atoms with E-state index in [0.717, 1.165) is 0 Å². The Labute approximate surface area is 114 Å². The quantitative estimate of drug-likeness (QED) is 0.719. The van der Waals surface area contributed by atoms with E-state index in [9.17, 15) is 4.79 Å². The Morgan fingerprint density at radius 1 is 1.20 bits per heavy atom. The molecule has 1 fully saturated rings. The number of hydrogen-bond acceptors (Lipinski definition) is 7. The number of nitrogens with two attached hydrogens (primary N) is 1. The second-order valence-electron chi connectivity index (χ2n) is 4.35. The van der Waals surface area contributed by atoms with E-state index in [1.807, 2.05) is 4.90 Å². The summed E-state index contributed by atoms with van der Waals surface area (Å²) in [5, 5.41) is 2.80. The Bertz CT molecular complexity index is 611. The summed E-state index contributed by atoms with van der Waals surface area (Å²) < 4.78 is 1.66. The molecule has 0 radical (unpaired) electrons. The van der Waals surface area contributed by atoms with Crippen molar-refractivity contribution >= 4 is 17.8 Å². The zero-order chi connectivity index (χ0) is 13.9. The molecule has 0 atom stereocenters. The van der Waals surface area contributed by atoms with Gasteiger partial charge in [0.05, 0.1) is 0 Å². The summed E-state index contributed by atoms with van der Waals surface area (Å²) in [5.74, 6) is 1.05. The maximum Gasteiger partial charge on any atom is 0.241 e. The Morgan fingerprint density at radius 3 is 2.85 bits per heavy atom. The van der Waals surface area contributed by atoms with Gasteiger partial charge in [-0.1, -0.05) is 0 Å². The van der Waals surface area contributed by atoms with Crippen molar-refractivity contribution in [2.24, 2.45) is 0 Å². The van der Waals surface area contributed by atoms with Gasteiger partial charge in [0, 0.05) is 38.4 Å². The third-order valence-corrected chi connectivity index (χ3v) is 2.96. The van der Waals surface area contributed by atoms with Gasteiger partial charge in [0.15, 0.2) is 0 Å². The van der Waals surface area contributed by atoms with Crippen molar-refractivity contribution in [2.75, 3.05) is 30.3 Å². The van der Waals surface area contributed by atoms with Gasteiger partial charge in [0.1, 0.15) is 6.33 Å². The van der Waals surface area contributed by atoms with Crippen LogP contribution in [0.3, 0.4) is 0 Å². The van der Waals surface area contributed by atoms with Crippen LogP contribution in [0.5, 0.6) is 0 Å². The van der Waals surface area contributed by atoms with Crippen LogP contribution < -0.4 is 16.0 Å². The molecule has 3 N–H and O–H groups in total. The van der Waals surface area contributed by atoms with Crippen LogP contribution in [0.4, 0.5) is 11.9 Å². The molecule has 1 aliphatic heterocycles. The summed E-state index contributed by atoms with van der Waals surface area (Å²) in [6, 6.07) is 0. The van der Waals surface area contributed by atoms with Crippen molar-refractivity contribution in [1.82, 2.24) is 29.8 Å². The van der Waals surface area contributed by atoms with Gasteiger partial charge >= 0.3 is 0 Å². The number of carbonyl (C=O) groups is 1. The molecule has 3 heterocycles. The highest BCUT2D eigenvalue weighted by Gasteiger charge is 2.17. The van der Waals surface area contributed by atoms with Crippen LogP contribution in [-0.4, -0.2) is 50.0 Å². The number of hydrogen-bond donors (Lipinski definition) is 2. The van der Waals surface area contributed by atoms with Gasteiger partial charge in [0.2, 0.25) is 23.8 Å². The molecule has 104 valence electrons. The summed E-state index contributed by atoms with van der Waals surface area (Å²) >= 11 is 0. The second kappa shape index (κ2) is 5.11. The molecule has 9 nitrogen and oxygen atoms in total. The number of rotatable bonds is 2. The monoisotopic (exact) mass is 274 g/mol. The van der Waals surface area contributed by atoms with Crippen molar-refractivity contribution < 1.29 is 4.79 Å². The summed E-state index contributed by atoms with van der Waals surface area (Å²) in [4.78, 5) is 29.8. The molecule has 1 amide bonds. The lowest BCUT2D eigenvalue weighted by molar-refractivity contribution is -0.120. The lowest BCUT2D eigenvalue weighted by atomic mass is 10.4. The maximum atomic E-state index is 11.4. The summed E-state index contributed by atoms with van der Waals surface area (Å²) in [6.07, 6.45) is 5.36. The number of nitrogens with zero attached hydrogens (tertiary/aromatic N) is 6. The molecule has 1 saturated heterocycles. The lowest BCUT2D eigenvalue weighted by Crippen LogP contribution is -2.30. The first-order chi connectivity index (χ1) is 9.72. The Morgan fingerprint density at radius 2 is 2.05 bits per heavy atom. The molecule has 0 unspecified atom stereocenters. The predicted octanol–water partition coefficient (Wildman–Crippen LogP) is -1.03. The summed E-state index contributed by atoms with van der Waals surface area (Å²) in [7, 11) is 0. The van der Waals surface area contributed by atoms with Crippen LogP contribution in [0.15, 0.2) is 18.7 Å². The third kappa shape index (κ3) is 2.51. The normalized spacial score (nSPS) is 15.8. The van der Waals surface area contributed by atoms with Crippen molar-refractivity contribution in [3.05, 3.63) is 18.7 Å². The van der Waals surface area contributed by atoms with Crippen molar-refractivity contribution in [1.29, 1.82) is 0 Å². The largest absolute Gasteiger partial charge is 0.368 e. The van der Waals surface area contributed by atoms with Crippen molar-refractivity contribution in [3.8, 4) is 5.95 Å². The first kappa shape index (κ1) is 12.3. The number of nitrogens with one attached hydrogen (secondary N) is 1. The zero-order valence-electron chi connectivity index (χ0n) is 10.7. The van der Waals surface area contributed by atoms with E-state index in [-0.39, 0.29) is 11.9 Å². The second-order valence-corrected chi connectivity index (χ2v) is 4.35. The standard InChI is InChI=1S/C11H14N8O/c12-9-15-10(18-4-1-8(20)14-3-6-18)17-11(16-9)19-5-2-13-7-19/h2,5,7H,1,3-4,6H2,(H,14,20)(H2,12,15,16,17). The van der Waals surface area contributed by atoms with Gasteiger partial charge in [-0.15, -0.1) is 0 Å². The van der Waals surface area contributed by atoms with Gasteiger partial charge in [-0.05, 0) is 0 Å². The van der Waals surface area contributed by atoms with Crippen LogP contribution in [0.2, 0.25) is 0 Å². The molecule has 2 aromatic heterocycles. The van der Waals surface area contributed by atoms with Gasteiger partial charge in [-0.25, -0.2) is 4.98 Å². The van der Waals surface area contributed by atoms with Crippen LogP contribution >= 0.6 is 0 Å². The Kier molecular flexibility index (Phi) is 3.15. The van der Waals surface area contributed by atoms with Gasteiger partial charge in [-0.3, -0.25) is 9.36 Å². The van der Waals surface area contributed by atoms with E-state index in [0.29, 0.717) is 38.0 Å². The number of amides is 1. The molecule has 20 heavy (non-hydrogen) atoms. The summed E-state index contributed by atoms with van der Waals surface area (Å²) in [6.45, 7) is 1.75. The fraction of sp³-hybridized carbons (Fsp3) is 0.364. The number of imidazole rings is 1. The molecule has 0 spiro atoms. The SMILES string of the molecule is Nc1nc(N2CCNC(=O)CC2)nc(-n2ccnc2)n1. The fourth-order valence-corrected chi connectivity index (χ4v) is 1.97. The lowest BCUT2D eigenvalue weighted by Gasteiger charge is -2.19. The van der Waals surface area contributed by atoms with E-state index in [2.05, 4.69) is 25.3 Å². The first-order valence-corrected chi connectivity index (χ1v) is 6.24. The van der Waals surface area contributed by atoms with Gasteiger partial charge in [0.25, 0.3) is 0 Å². The average Bonchev–Trinajstić information content (AvgIpc) is 2.88. The van der Waals surface area contributed by atoms with E-state index >= 15 is 0 Å². The van der Waals surface area contributed by atoms with Crippen LogP contribution in [0, 0.1) is 0 Å². The minimum atomic E-state index is 0.0318.